The Morgan fingerprint density at radius 2 is 2.07 bits per heavy atom. The predicted molar refractivity (Wildman–Crippen MR) is 64.0 cm³/mol. The van der Waals surface area contributed by atoms with Crippen molar-refractivity contribution in [2.45, 2.75) is 51.2 Å². The first-order valence-corrected chi connectivity index (χ1v) is 6.28. The van der Waals surface area contributed by atoms with Crippen LogP contribution in [0.4, 0.5) is 0 Å². The van der Waals surface area contributed by atoms with E-state index < -0.39 is 0 Å². The molecule has 0 aromatic rings. The number of methoxy groups -OCH3 is 1. The third kappa shape index (κ3) is 4.09. The van der Waals surface area contributed by atoms with Crippen LogP contribution in [-0.2, 0) is 4.74 Å². The third-order valence-corrected chi connectivity index (χ3v) is 3.58. The standard InChI is InChI=1S/C12H26N2O/c1-3-14(11-6-4-5-7-11)9-8-12(10-13)15-2/h11-12H,3-10,13H2,1-2H3. The minimum Gasteiger partial charge on any atom is -0.380 e. The molecule has 0 amide bonds. The van der Waals surface area contributed by atoms with Crippen LogP contribution in [0.5, 0.6) is 0 Å². The molecule has 0 aliphatic heterocycles. The first kappa shape index (κ1) is 12.9. The van der Waals surface area contributed by atoms with E-state index in [0.717, 1.165) is 25.6 Å². The summed E-state index contributed by atoms with van der Waals surface area (Å²) in [5.74, 6) is 0. The van der Waals surface area contributed by atoms with E-state index in [1.54, 1.807) is 7.11 Å². The summed E-state index contributed by atoms with van der Waals surface area (Å²) >= 11 is 0. The van der Waals surface area contributed by atoms with Crippen LogP contribution in [0.25, 0.3) is 0 Å². The van der Waals surface area contributed by atoms with Gasteiger partial charge >= 0.3 is 0 Å². The number of hydrogen-bond donors (Lipinski definition) is 1. The highest BCUT2D eigenvalue weighted by atomic mass is 16.5. The third-order valence-electron chi connectivity index (χ3n) is 3.58. The molecule has 0 aromatic heterocycles. The minimum absolute atomic E-state index is 0.237. The van der Waals surface area contributed by atoms with Crippen LogP contribution in [0.15, 0.2) is 0 Å². The Kier molecular flexibility index (Phi) is 6.22. The molecule has 1 saturated carbocycles. The summed E-state index contributed by atoms with van der Waals surface area (Å²) in [6.45, 7) is 5.18. The second kappa shape index (κ2) is 7.20. The molecule has 1 aliphatic rings. The van der Waals surface area contributed by atoms with E-state index in [1.165, 1.54) is 25.7 Å². The Labute approximate surface area is 94.0 Å². The van der Waals surface area contributed by atoms with Crippen LogP contribution >= 0.6 is 0 Å². The largest absolute Gasteiger partial charge is 0.380 e. The van der Waals surface area contributed by atoms with Crippen molar-refractivity contribution in [1.82, 2.24) is 4.90 Å². The molecule has 1 atom stereocenters. The van der Waals surface area contributed by atoms with Gasteiger partial charge in [0.2, 0.25) is 0 Å². The zero-order valence-electron chi connectivity index (χ0n) is 10.2. The van der Waals surface area contributed by atoms with Crippen LogP contribution in [-0.4, -0.2) is 43.8 Å². The van der Waals surface area contributed by atoms with Gasteiger partial charge in [-0.1, -0.05) is 19.8 Å². The normalized spacial score (nSPS) is 20.0. The first-order valence-electron chi connectivity index (χ1n) is 6.28. The molecule has 90 valence electrons. The van der Waals surface area contributed by atoms with E-state index in [0.29, 0.717) is 6.54 Å². The van der Waals surface area contributed by atoms with Crippen molar-refractivity contribution in [3.05, 3.63) is 0 Å². The molecule has 1 fully saturated rings. The predicted octanol–water partition coefficient (Wildman–Crippen LogP) is 1.61. The quantitative estimate of drug-likeness (QED) is 0.700. The molecule has 0 bridgehead atoms. The van der Waals surface area contributed by atoms with Crippen molar-refractivity contribution >= 4 is 0 Å². The Morgan fingerprint density at radius 1 is 1.40 bits per heavy atom. The van der Waals surface area contributed by atoms with Gasteiger partial charge in [-0.25, -0.2) is 0 Å². The molecule has 0 heterocycles. The number of nitrogens with two attached hydrogens (primary N) is 1. The molecule has 1 unspecified atom stereocenters. The fraction of sp³-hybridized carbons (Fsp3) is 1.00. The number of ether oxygens (including phenoxy) is 1. The number of rotatable bonds is 7. The number of hydrogen-bond acceptors (Lipinski definition) is 3. The van der Waals surface area contributed by atoms with Crippen molar-refractivity contribution in [2.75, 3.05) is 26.7 Å². The van der Waals surface area contributed by atoms with Crippen molar-refractivity contribution in [2.24, 2.45) is 5.73 Å². The fourth-order valence-electron chi connectivity index (χ4n) is 2.51. The molecule has 2 N–H and O–H groups in total. The molecule has 1 rings (SSSR count). The lowest BCUT2D eigenvalue weighted by atomic mass is 10.1. The second-order valence-electron chi connectivity index (χ2n) is 4.45. The summed E-state index contributed by atoms with van der Waals surface area (Å²) in [5.41, 5.74) is 5.62. The lowest BCUT2D eigenvalue weighted by Gasteiger charge is -2.28. The van der Waals surface area contributed by atoms with Crippen LogP contribution < -0.4 is 5.73 Å². The van der Waals surface area contributed by atoms with Crippen LogP contribution in [0.2, 0.25) is 0 Å². The summed E-state index contributed by atoms with van der Waals surface area (Å²) in [6.07, 6.45) is 6.89. The second-order valence-corrected chi connectivity index (χ2v) is 4.45. The van der Waals surface area contributed by atoms with Crippen molar-refractivity contribution in [3.8, 4) is 0 Å². The molecule has 0 radical (unpaired) electrons. The van der Waals surface area contributed by atoms with Crippen LogP contribution in [0.3, 0.4) is 0 Å². The first-order chi connectivity index (χ1) is 7.31. The van der Waals surface area contributed by atoms with Gasteiger partial charge in [0.15, 0.2) is 0 Å². The monoisotopic (exact) mass is 214 g/mol. The van der Waals surface area contributed by atoms with Crippen molar-refractivity contribution < 1.29 is 4.74 Å². The molecule has 0 aromatic carbocycles. The molecule has 15 heavy (non-hydrogen) atoms. The van der Waals surface area contributed by atoms with E-state index >= 15 is 0 Å². The molecule has 3 nitrogen and oxygen atoms in total. The maximum atomic E-state index is 5.62. The molecule has 3 heteroatoms. The van der Waals surface area contributed by atoms with Gasteiger partial charge in [-0.05, 0) is 25.8 Å². The highest BCUT2D eigenvalue weighted by Crippen LogP contribution is 2.23. The van der Waals surface area contributed by atoms with Crippen molar-refractivity contribution in [3.63, 3.8) is 0 Å². The zero-order valence-corrected chi connectivity index (χ0v) is 10.2. The van der Waals surface area contributed by atoms with Gasteiger partial charge in [0.05, 0.1) is 6.10 Å². The molecular formula is C12H26N2O. The summed E-state index contributed by atoms with van der Waals surface area (Å²) in [6, 6.07) is 0.824. The van der Waals surface area contributed by atoms with E-state index in [1.807, 2.05) is 0 Å². The summed E-state index contributed by atoms with van der Waals surface area (Å²) in [4.78, 5) is 2.59. The summed E-state index contributed by atoms with van der Waals surface area (Å²) < 4.78 is 5.31. The minimum atomic E-state index is 0.237. The average Bonchev–Trinajstić information content (AvgIpc) is 2.78. The van der Waals surface area contributed by atoms with Gasteiger partial charge in [0.1, 0.15) is 0 Å². The van der Waals surface area contributed by atoms with Gasteiger partial charge in [-0.3, -0.25) is 0 Å². The highest BCUT2D eigenvalue weighted by molar-refractivity contribution is 4.77. The highest BCUT2D eigenvalue weighted by Gasteiger charge is 2.21. The zero-order chi connectivity index (χ0) is 11.1. The van der Waals surface area contributed by atoms with E-state index in [4.69, 9.17) is 10.5 Å². The van der Waals surface area contributed by atoms with Crippen molar-refractivity contribution in [1.29, 1.82) is 0 Å². The van der Waals surface area contributed by atoms with E-state index in [-0.39, 0.29) is 6.10 Å². The van der Waals surface area contributed by atoms with Gasteiger partial charge in [-0.2, -0.15) is 0 Å². The fourth-order valence-corrected chi connectivity index (χ4v) is 2.51. The lowest BCUT2D eigenvalue weighted by molar-refractivity contribution is 0.0830. The van der Waals surface area contributed by atoms with E-state index in [9.17, 15) is 0 Å². The van der Waals surface area contributed by atoms with Crippen LogP contribution in [0, 0.1) is 0 Å². The SMILES string of the molecule is CCN(CCC(CN)OC)C1CCCC1. The Balaban J connectivity index is 2.26. The Hall–Kier alpha value is -0.120. The molecule has 0 spiro atoms. The maximum Gasteiger partial charge on any atom is 0.0705 e. The molecule has 1 aliphatic carbocycles. The average molecular weight is 214 g/mol. The molecular weight excluding hydrogens is 188 g/mol. The maximum absolute atomic E-state index is 5.62. The summed E-state index contributed by atoms with van der Waals surface area (Å²) in [5, 5.41) is 0. The Morgan fingerprint density at radius 3 is 2.53 bits per heavy atom. The van der Waals surface area contributed by atoms with Gasteiger partial charge in [-0.15, -0.1) is 0 Å². The van der Waals surface area contributed by atoms with Gasteiger partial charge in [0.25, 0.3) is 0 Å². The Bertz CT molecular complexity index is 154. The molecule has 0 saturated heterocycles. The van der Waals surface area contributed by atoms with Gasteiger partial charge in [0, 0.05) is 26.2 Å². The topological polar surface area (TPSA) is 38.5 Å². The van der Waals surface area contributed by atoms with Crippen LogP contribution in [0.1, 0.15) is 39.0 Å². The summed E-state index contributed by atoms with van der Waals surface area (Å²) in [7, 11) is 1.75. The number of nitrogens with zero attached hydrogens (tertiary/aromatic N) is 1. The lowest BCUT2D eigenvalue weighted by Crippen LogP contribution is -2.36. The smallest absolute Gasteiger partial charge is 0.0705 e. The van der Waals surface area contributed by atoms with Gasteiger partial charge < -0.3 is 15.4 Å². The van der Waals surface area contributed by atoms with E-state index in [2.05, 4.69) is 11.8 Å².